The van der Waals surface area contributed by atoms with E-state index in [2.05, 4.69) is 20.8 Å². The normalized spacial score (nSPS) is 21.7. The third kappa shape index (κ3) is 5.24. The molecule has 0 aromatic heterocycles. The highest BCUT2D eigenvalue weighted by Gasteiger charge is 2.27. The van der Waals surface area contributed by atoms with E-state index < -0.39 is 5.60 Å². The van der Waals surface area contributed by atoms with Gasteiger partial charge in [-0.3, -0.25) is 0 Å². The van der Waals surface area contributed by atoms with Gasteiger partial charge in [0.2, 0.25) is 0 Å². The molecule has 0 atom stereocenters. The second kappa shape index (κ2) is 5.46. The SMILES string of the molecule is CC(C)(C)OC(=O)C=C1CCC(C(C)(C)C)CC1. The molecule has 0 bridgehead atoms. The summed E-state index contributed by atoms with van der Waals surface area (Å²) in [6, 6.07) is 0. The highest BCUT2D eigenvalue weighted by molar-refractivity contribution is 5.83. The van der Waals surface area contributed by atoms with Crippen LogP contribution in [0.25, 0.3) is 0 Å². The monoisotopic (exact) mass is 252 g/mol. The van der Waals surface area contributed by atoms with Gasteiger partial charge in [0.1, 0.15) is 5.60 Å². The van der Waals surface area contributed by atoms with Crippen LogP contribution in [0.3, 0.4) is 0 Å². The average Bonchev–Trinajstić information content (AvgIpc) is 2.13. The largest absolute Gasteiger partial charge is 0.457 e. The van der Waals surface area contributed by atoms with Crippen molar-refractivity contribution in [1.82, 2.24) is 0 Å². The minimum Gasteiger partial charge on any atom is -0.457 e. The van der Waals surface area contributed by atoms with Crippen LogP contribution in [-0.4, -0.2) is 11.6 Å². The zero-order valence-electron chi connectivity index (χ0n) is 12.8. The van der Waals surface area contributed by atoms with Crippen molar-refractivity contribution in [3.63, 3.8) is 0 Å². The minimum atomic E-state index is -0.392. The van der Waals surface area contributed by atoms with Gasteiger partial charge in [0.05, 0.1) is 0 Å². The summed E-state index contributed by atoms with van der Waals surface area (Å²) in [5.41, 5.74) is 1.25. The molecular weight excluding hydrogens is 224 g/mol. The van der Waals surface area contributed by atoms with Gasteiger partial charge >= 0.3 is 5.97 Å². The summed E-state index contributed by atoms with van der Waals surface area (Å²) in [7, 11) is 0. The predicted molar refractivity (Wildman–Crippen MR) is 75.3 cm³/mol. The molecule has 104 valence electrons. The number of carbonyl (C=O) groups excluding carboxylic acids is 1. The van der Waals surface area contributed by atoms with E-state index in [4.69, 9.17) is 4.74 Å². The molecule has 0 radical (unpaired) electrons. The first-order valence-electron chi connectivity index (χ1n) is 7.00. The van der Waals surface area contributed by atoms with Gasteiger partial charge in [0, 0.05) is 6.08 Å². The number of ether oxygens (including phenoxy) is 1. The Labute approximate surface area is 112 Å². The lowest BCUT2D eigenvalue weighted by Gasteiger charge is -2.34. The Hall–Kier alpha value is -0.790. The molecule has 1 aliphatic rings. The Morgan fingerprint density at radius 1 is 1.11 bits per heavy atom. The lowest BCUT2D eigenvalue weighted by Crippen LogP contribution is -2.25. The summed E-state index contributed by atoms with van der Waals surface area (Å²) >= 11 is 0. The number of hydrogen-bond donors (Lipinski definition) is 0. The summed E-state index contributed by atoms with van der Waals surface area (Å²) in [5.74, 6) is 0.583. The molecule has 2 heteroatoms. The molecule has 0 aromatic rings. The molecule has 0 saturated heterocycles. The Kier molecular flexibility index (Phi) is 4.63. The summed E-state index contributed by atoms with van der Waals surface area (Å²) in [4.78, 5) is 11.7. The van der Waals surface area contributed by atoms with Crippen LogP contribution in [-0.2, 0) is 9.53 Å². The number of allylic oxidation sites excluding steroid dienone is 1. The highest BCUT2D eigenvalue weighted by Crippen LogP contribution is 2.39. The molecule has 1 fully saturated rings. The quantitative estimate of drug-likeness (QED) is 0.507. The van der Waals surface area contributed by atoms with Gasteiger partial charge in [0.25, 0.3) is 0 Å². The Morgan fingerprint density at radius 3 is 2.00 bits per heavy atom. The van der Waals surface area contributed by atoms with Gasteiger partial charge in [0.15, 0.2) is 0 Å². The molecule has 0 spiro atoms. The van der Waals surface area contributed by atoms with E-state index in [1.807, 2.05) is 20.8 Å². The van der Waals surface area contributed by atoms with Crippen LogP contribution in [0.15, 0.2) is 11.6 Å². The van der Waals surface area contributed by atoms with E-state index in [-0.39, 0.29) is 5.97 Å². The molecule has 0 unspecified atom stereocenters. The Bertz CT molecular complexity index is 316. The highest BCUT2D eigenvalue weighted by atomic mass is 16.6. The van der Waals surface area contributed by atoms with Crippen LogP contribution in [0.2, 0.25) is 0 Å². The standard InChI is InChI=1S/C16H28O2/c1-15(2,3)13-9-7-12(8-10-13)11-14(17)18-16(4,5)6/h11,13H,7-10H2,1-6H3. The third-order valence-electron chi connectivity index (χ3n) is 3.58. The van der Waals surface area contributed by atoms with Gasteiger partial charge in [-0.1, -0.05) is 26.3 Å². The fourth-order valence-electron chi connectivity index (χ4n) is 2.50. The summed E-state index contributed by atoms with van der Waals surface area (Å²) in [5, 5.41) is 0. The molecule has 1 aliphatic carbocycles. The van der Waals surface area contributed by atoms with Crippen molar-refractivity contribution >= 4 is 5.97 Å². The summed E-state index contributed by atoms with van der Waals surface area (Å²) in [6.45, 7) is 12.6. The molecule has 0 aliphatic heterocycles. The second-order valence-corrected chi connectivity index (χ2v) is 7.48. The van der Waals surface area contributed by atoms with Gasteiger partial charge in [-0.05, 0) is 57.8 Å². The van der Waals surface area contributed by atoms with Crippen molar-refractivity contribution in [2.45, 2.75) is 72.8 Å². The zero-order chi connectivity index (χ0) is 14.0. The Balaban J connectivity index is 2.50. The van der Waals surface area contributed by atoms with Gasteiger partial charge in [-0.2, -0.15) is 0 Å². The second-order valence-electron chi connectivity index (χ2n) is 7.48. The average molecular weight is 252 g/mol. The van der Waals surface area contributed by atoms with Gasteiger partial charge in [-0.25, -0.2) is 4.79 Å². The van der Waals surface area contributed by atoms with Crippen LogP contribution in [0.5, 0.6) is 0 Å². The van der Waals surface area contributed by atoms with Crippen LogP contribution >= 0.6 is 0 Å². The first-order valence-corrected chi connectivity index (χ1v) is 7.00. The topological polar surface area (TPSA) is 26.3 Å². The maximum absolute atomic E-state index is 11.7. The van der Waals surface area contributed by atoms with Crippen molar-refractivity contribution in [1.29, 1.82) is 0 Å². The van der Waals surface area contributed by atoms with Crippen LogP contribution in [0.1, 0.15) is 67.2 Å². The lowest BCUT2D eigenvalue weighted by molar-refractivity contribution is -0.148. The van der Waals surface area contributed by atoms with E-state index in [1.54, 1.807) is 6.08 Å². The summed E-state index contributed by atoms with van der Waals surface area (Å²) < 4.78 is 5.32. The minimum absolute atomic E-state index is 0.188. The van der Waals surface area contributed by atoms with Crippen molar-refractivity contribution in [2.24, 2.45) is 11.3 Å². The number of hydrogen-bond acceptors (Lipinski definition) is 2. The molecule has 0 amide bonds. The number of rotatable bonds is 1. The number of esters is 1. The van der Waals surface area contributed by atoms with Crippen molar-refractivity contribution in [3.8, 4) is 0 Å². The van der Waals surface area contributed by atoms with Crippen molar-refractivity contribution in [3.05, 3.63) is 11.6 Å². The first-order chi connectivity index (χ1) is 8.08. The smallest absolute Gasteiger partial charge is 0.331 e. The molecule has 0 N–H and O–H groups in total. The van der Waals surface area contributed by atoms with Crippen molar-refractivity contribution in [2.75, 3.05) is 0 Å². The van der Waals surface area contributed by atoms with Gasteiger partial charge in [-0.15, -0.1) is 0 Å². The van der Waals surface area contributed by atoms with E-state index >= 15 is 0 Å². The fourth-order valence-corrected chi connectivity index (χ4v) is 2.50. The van der Waals surface area contributed by atoms with E-state index in [9.17, 15) is 4.79 Å². The molecule has 0 heterocycles. The molecule has 1 rings (SSSR count). The maximum atomic E-state index is 11.7. The number of carbonyl (C=O) groups is 1. The summed E-state index contributed by atoms with van der Waals surface area (Å²) in [6.07, 6.45) is 6.18. The lowest BCUT2D eigenvalue weighted by atomic mass is 9.71. The van der Waals surface area contributed by atoms with E-state index in [0.29, 0.717) is 5.41 Å². The fraction of sp³-hybridized carbons (Fsp3) is 0.812. The third-order valence-corrected chi connectivity index (χ3v) is 3.58. The molecule has 0 aromatic carbocycles. The zero-order valence-corrected chi connectivity index (χ0v) is 12.8. The predicted octanol–water partition coefficient (Wildman–Crippen LogP) is 4.49. The van der Waals surface area contributed by atoms with Crippen molar-refractivity contribution < 1.29 is 9.53 Å². The first kappa shape index (κ1) is 15.3. The molecular formula is C16H28O2. The van der Waals surface area contributed by atoms with Gasteiger partial charge < -0.3 is 4.74 Å². The van der Waals surface area contributed by atoms with Crippen LogP contribution < -0.4 is 0 Å². The van der Waals surface area contributed by atoms with E-state index in [0.717, 1.165) is 18.8 Å². The van der Waals surface area contributed by atoms with Crippen LogP contribution in [0.4, 0.5) is 0 Å². The Morgan fingerprint density at radius 2 is 1.61 bits per heavy atom. The maximum Gasteiger partial charge on any atom is 0.331 e. The molecule has 1 saturated carbocycles. The van der Waals surface area contributed by atoms with E-state index in [1.165, 1.54) is 18.4 Å². The molecule has 2 nitrogen and oxygen atoms in total. The molecule has 18 heavy (non-hydrogen) atoms. The van der Waals surface area contributed by atoms with Crippen LogP contribution in [0, 0.1) is 11.3 Å².